The van der Waals surface area contributed by atoms with Gasteiger partial charge in [0.2, 0.25) is 0 Å². The molecule has 0 bridgehead atoms. The molecular formula is C66H88Cl2F6N12O24. The molecular weight excluding hydrogens is 1530 g/mol. The second-order valence-corrected chi connectivity index (χ2v) is 27.4. The van der Waals surface area contributed by atoms with Gasteiger partial charge in [-0.25, -0.2) is 55.1 Å². The van der Waals surface area contributed by atoms with E-state index in [0.717, 1.165) is 76.3 Å². The zero-order valence-corrected chi connectivity index (χ0v) is 61.8. The number of rotatable bonds is 16. The van der Waals surface area contributed by atoms with Gasteiger partial charge in [0.15, 0.2) is 74.4 Å². The molecule has 6 aromatic rings. The van der Waals surface area contributed by atoms with Crippen molar-refractivity contribution >= 4 is 23.2 Å². The highest BCUT2D eigenvalue weighted by Crippen LogP contribution is 2.48. The molecule has 6 aliphatic heterocycles. The molecule has 0 aromatic carbocycles. The number of hydrogen-bond donors (Lipinski definition) is 12. The van der Waals surface area contributed by atoms with Crippen molar-refractivity contribution < 1.29 is 85.4 Å². The average Bonchev–Trinajstić information content (AvgIpc) is 1.63. The van der Waals surface area contributed by atoms with Crippen LogP contribution < -0.4 is 67.5 Å². The third-order valence-corrected chi connectivity index (χ3v) is 21.8. The standard InChI is InChI=1S/C13H19FN2O3.C12H16ClFN2O3.C11H14ClFN2O4.C11H15FN2O5.C10H13FN2O4.C9H11FN2O5/c1-4-13(5-2)8(3)10(14)11(19-13)16-7-6-9(17)15-12(16)18;1-3-12(6-13)7(2)9(14)10(19-12)16-5-4-8(17)15-11(16)18;1-6-8(13)9(19-11(6,4-12)5-16)15-3-2-7(17)14-10(15)18;1-6-8(12)9(19-11(6,4-15)5-16)14-3-2-7(17)13-10(14)18;1-5-6(4-14)17-9(8(5)11)13-3-2-7(15)12-10(13)16;10-6-7(15)4(3-13)17-8(6)12-2-1-5(14)11-9(12)16/h6-8,10-11H,4-5H2,1-3H3,(H,15,17,18);4-5,7,9-10H,3,6H2,1-2H3,(H,15,17,18);2-3,6,8-9,16H,4-5H2,1H3,(H,14,17,18);2-3,6,8-9,15-16H,4-5H2,1H3,(H,13,17,18);2-3,5-6,8-9,14H,4H2,1H3,(H,12,15,16);1-2,4,6-8,13,15H,3H2,(H,11,14,16)/t8-,10+,11+;7-,9+,10+,12-;6-,8+,9+,11+;6-,8+,9+;5-,6-,8-,9-;4-,6-,7-,8-/m000011/s1. The van der Waals surface area contributed by atoms with Gasteiger partial charge < -0.3 is 59.1 Å². The van der Waals surface area contributed by atoms with Crippen LogP contribution in [0.15, 0.2) is 131 Å². The van der Waals surface area contributed by atoms with Gasteiger partial charge in [0.25, 0.3) is 33.4 Å². The van der Waals surface area contributed by atoms with E-state index in [1.807, 2.05) is 40.7 Å². The minimum atomic E-state index is -1.85. The summed E-state index contributed by atoms with van der Waals surface area (Å²) in [7, 11) is 0. The first kappa shape index (κ1) is 89.0. The molecule has 612 valence electrons. The van der Waals surface area contributed by atoms with Crippen molar-refractivity contribution in [1.82, 2.24) is 57.3 Å². The first-order valence-corrected chi connectivity index (χ1v) is 35.6. The van der Waals surface area contributed by atoms with Gasteiger partial charge in [0, 0.05) is 103 Å². The Morgan fingerprint density at radius 2 is 0.591 bits per heavy atom. The number of ether oxygens (including phenoxy) is 6. The van der Waals surface area contributed by atoms with Crippen LogP contribution in [0.4, 0.5) is 26.3 Å². The number of nitrogens with zero attached hydrogens (tertiary/aromatic N) is 6. The maximum absolute atomic E-state index is 14.4. The SMILES string of the molecule is CCC1(CC)O[C@@H](n2ccc(=O)[nH]c2=O)[C@H](F)[C@@H]1C.CC[C@@]1(CCl)O[C@@H](n2ccc(=O)[nH]c2=O)[C@H](F)[C@@H]1C.C[C@H]1[C@@H](F)[C@H](n2ccc(=O)[nH]c2=O)OC1(CO)CO.C[C@H]1[C@@H](F)[C@H](n2ccc(=O)[nH]c2=O)O[C@@H]1CO.C[C@H]1[C@@H](F)[C@H](n2ccc(=O)[nH]c2=O)O[C@@]1(CO)CCl.O=c1ccn([C@@H]2O[C@H](CO)[C@@H](O)[C@H]2F)c(=O)[nH]1. The van der Waals surface area contributed by atoms with Gasteiger partial charge in [-0.2, -0.15) is 0 Å². The molecule has 0 unspecified atom stereocenters. The Kier molecular flexibility index (Phi) is 30.2. The molecule has 6 saturated heterocycles. The largest absolute Gasteiger partial charge is 0.394 e. The van der Waals surface area contributed by atoms with Crippen LogP contribution in [0.3, 0.4) is 0 Å². The second kappa shape index (κ2) is 37.4. The Bertz CT molecular complexity index is 4320. The lowest BCUT2D eigenvalue weighted by molar-refractivity contribution is -0.136. The maximum atomic E-state index is 14.4. The fourth-order valence-electron chi connectivity index (χ4n) is 13.3. The van der Waals surface area contributed by atoms with Crippen LogP contribution in [0.5, 0.6) is 0 Å². The highest BCUT2D eigenvalue weighted by atomic mass is 35.5. The van der Waals surface area contributed by atoms with E-state index < -0.39 is 233 Å². The zero-order chi connectivity index (χ0) is 82.0. The minimum absolute atomic E-state index is 0.0975. The molecule has 6 aromatic heterocycles. The number of H-pyrrole nitrogens is 6. The van der Waals surface area contributed by atoms with Gasteiger partial charge in [0.05, 0.1) is 62.1 Å². The number of hydrogen-bond acceptors (Lipinski definition) is 24. The number of alkyl halides is 8. The summed E-state index contributed by atoms with van der Waals surface area (Å²) < 4.78 is 123. The second-order valence-electron chi connectivity index (χ2n) is 26.9. The van der Waals surface area contributed by atoms with Crippen molar-refractivity contribution in [1.29, 1.82) is 0 Å². The van der Waals surface area contributed by atoms with Crippen LogP contribution in [0, 0.1) is 29.6 Å². The molecule has 12 N–H and O–H groups in total. The number of nitrogens with one attached hydrogen (secondary N) is 6. The molecule has 22 atom stereocenters. The lowest BCUT2D eigenvalue weighted by Gasteiger charge is -2.30. The Hall–Kier alpha value is -8.24. The van der Waals surface area contributed by atoms with Gasteiger partial charge in [0.1, 0.15) is 23.4 Å². The fourth-order valence-corrected chi connectivity index (χ4v) is 14.1. The molecule has 0 spiro atoms. The van der Waals surface area contributed by atoms with Gasteiger partial charge in [-0.05, 0) is 19.3 Å². The number of aromatic nitrogens is 12. The number of halogens is 8. The molecule has 6 aliphatic rings. The summed E-state index contributed by atoms with van der Waals surface area (Å²) in [5.41, 5.74) is -11.9. The smallest absolute Gasteiger partial charge is 0.330 e. The normalized spacial score (nSPS) is 32.3. The average molecular weight is 1620 g/mol. The van der Waals surface area contributed by atoms with E-state index in [9.17, 15) is 104 Å². The molecule has 12 rings (SSSR count). The summed E-state index contributed by atoms with van der Waals surface area (Å²) in [5.74, 6) is -2.67. The number of aliphatic hydroxyl groups is 6. The van der Waals surface area contributed by atoms with Crippen LogP contribution in [0.1, 0.15) is 112 Å². The quantitative estimate of drug-likeness (QED) is 0.0422. The third-order valence-electron chi connectivity index (χ3n) is 20.9. The molecule has 110 heavy (non-hydrogen) atoms. The van der Waals surface area contributed by atoms with E-state index in [-0.39, 0.29) is 24.3 Å². The highest BCUT2D eigenvalue weighted by Gasteiger charge is 2.57. The molecule has 0 radical (unpaired) electrons. The Labute approximate surface area is 626 Å². The molecule has 0 amide bonds. The highest BCUT2D eigenvalue weighted by molar-refractivity contribution is 6.18. The summed E-state index contributed by atoms with van der Waals surface area (Å²) in [5, 5.41) is 55.2. The third kappa shape index (κ3) is 18.4. The van der Waals surface area contributed by atoms with Crippen molar-refractivity contribution in [2.75, 3.05) is 44.8 Å². The van der Waals surface area contributed by atoms with Crippen LogP contribution in [0.25, 0.3) is 0 Å². The fraction of sp³-hybridized carbons (Fsp3) is 0.636. The van der Waals surface area contributed by atoms with Crippen molar-refractivity contribution in [3.63, 3.8) is 0 Å². The molecule has 12 heterocycles. The first-order valence-electron chi connectivity index (χ1n) is 34.5. The van der Waals surface area contributed by atoms with Crippen LogP contribution in [-0.2, 0) is 28.4 Å². The minimum Gasteiger partial charge on any atom is -0.394 e. The summed E-state index contributed by atoms with van der Waals surface area (Å²) in [6, 6.07) is 6.68. The molecule has 0 saturated carbocycles. The van der Waals surface area contributed by atoms with Gasteiger partial charge >= 0.3 is 34.1 Å². The monoisotopic (exact) mass is 1620 g/mol. The summed E-state index contributed by atoms with van der Waals surface area (Å²) >= 11 is 11.7. The van der Waals surface area contributed by atoms with Crippen molar-refractivity contribution in [3.8, 4) is 0 Å². The Balaban J connectivity index is 0.000000184. The predicted molar refractivity (Wildman–Crippen MR) is 376 cm³/mol. The van der Waals surface area contributed by atoms with E-state index in [0.29, 0.717) is 19.3 Å². The summed E-state index contributed by atoms with van der Waals surface area (Å²) in [4.78, 5) is 147. The van der Waals surface area contributed by atoms with Crippen LogP contribution >= 0.6 is 23.2 Å². The van der Waals surface area contributed by atoms with E-state index in [1.165, 1.54) is 31.6 Å². The van der Waals surface area contributed by atoms with Crippen molar-refractivity contribution in [3.05, 3.63) is 199 Å². The number of aliphatic hydroxyl groups excluding tert-OH is 6. The maximum Gasteiger partial charge on any atom is 0.330 e. The first-order chi connectivity index (χ1) is 51.9. The zero-order valence-electron chi connectivity index (χ0n) is 60.3. The lowest BCUT2D eigenvalue weighted by Crippen LogP contribution is -2.43. The van der Waals surface area contributed by atoms with E-state index in [4.69, 9.17) is 61.8 Å². The molecule has 36 nitrogen and oxygen atoms in total. The van der Waals surface area contributed by atoms with Gasteiger partial charge in [-0.3, -0.25) is 86.1 Å². The number of aromatic amines is 6. The van der Waals surface area contributed by atoms with E-state index in [2.05, 4.69) is 9.97 Å². The molecule has 6 fully saturated rings. The van der Waals surface area contributed by atoms with Crippen molar-refractivity contribution in [2.24, 2.45) is 29.6 Å². The topological polar surface area (TPSA) is 506 Å². The van der Waals surface area contributed by atoms with Crippen molar-refractivity contribution in [2.45, 2.75) is 190 Å². The predicted octanol–water partition coefficient (Wildman–Crippen LogP) is -0.676. The van der Waals surface area contributed by atoms with Crippen LogP contribution in [-0.4, -0.2) is 210 Å². The lowest BCUT2D eigenvalue weighted by atomic mass is 9.83. The Morgan fingerprint density at radius 1 is 0.355 bits per heavy atom. The molecule has 0 aliphatic carbocycles. The van der Waals surface area contributed by atoms with Gasteiger partial charge in [-0.1, -0.05) is 55.4 Å². The summed E-state index contributed by atoms with van der Waals surface area (Å²) in [6.07, 6.45) is -10.3. The summed E-state index contributed by atoms with van der Waals surface area (Å²) in [6.45, 7) is 11.5. The van der Waals surface area contributed by atoms with E-state index >= 15 is 0 Å². The Morgan fingerprint density at radius 3 is 0.809 bits per heavy atom. The van der Waals surface area contributed by atoms with E-state index in [1.54, 1.807) is 27.7 Å². The van der Waals surface area contributed by atoms with Crippen LogP contribution in [0.2, 0.25) is 0 Å². The molecule has 44 heteroatoms. The van der Waals surface area contributed by atoms with Gasteiger partial charge in [-0.15, -0.1) is 23.2 Å².